The Morgan fingerprint density at radius 2 is 2.12 bits per heavy atom. The summed E-state index contributed by atoms with van der Waals surface area (Å²) in [6.45, 7) is 1.02. The second kappa shape index (κ2) is 6.29. The van der Waals surface area contributed by atoms with Crippen molar-refractivity contribution in [3.05, 3.63) is 68.9 Å². The summed E-state index contributed by atoms with van der Waals surface area (Å²) in [7, 11) is 0. The van der Waals surface area contributed by atoms with Crippen molar-refractivity contribution in [2.45, 2.75) is 5.92 Å². The molecule has 1 aromatic carbocycles. The van der Waals surface area contributed by atoms with Gasteiger partial charge in [0.05, 0.1) is 11.5 Å². The average molecular weight is 401 g/mol. The van der Waals surface area contributed by atoms with Crippen molar-refractivity contribution in [1.29, 1.82) is 0 Å². The van der Waals surface area contributed by atoms with Crippen molar-refractivity contribution in [1.82, 2.24) is 20.0 Å². The molecule has 3 heterocycles. The number of nitrogens with one attached hydrogen (secondary N) is 1. The third-order valence-electron chi connectivity index (χ3n) is 4.09. The molecule has 7 nitrogen and oxygen atoms in total. The molecule has 1 aliphatic rings. The molecule has 1 saturated heterocycles. The van der Waals surface area contributed by atoms with Crippen LogP contribution in [0.1, 0.15) is 22.2 Å². The molecule has 8 heteroatoms. The summed E-state index contributed by atoms with van der Waals surface area (Å²) in [5.74, 6) is 0.655. The minimum Gasteiger partial charge on any atom is -0.339 e. The molecule has 1 amide bonds. The van der Waals surface area contributed by atoms with Gasteiger partial charge in [-0.3, -0.25) is 9.59 Å². The van der Waals surface area contributed by atoms with Crippen molar-refractivity contribution in [2.24, 2.45) is 0 Å². The minimum absolute atomic E-state index is 0.0138. The molecule has 3 aromatic rings. The van der Waals surface area contributed by atoms with E-state index in [4.69, 9.17) is 4.52 Å². The van der Waals surface area contributed by atoms with Gasteiger partial charge in [0.1, 0.15) is 0 Å². The molecule has 0 spiro atoms. The smallest absolute Gasteiger partial charge is 0.259 e. The van der Waals surface area contributed by atoms with Crippen molar-refractivity contribution >= 4 is 21.8 Å². The molecule has 0 radical (unpaired) electrons. The molecular weight excluding hydrogens is 388 g/mol. The maximum atomic E-state index is 12.4. The zero-order valence-electron chi connectivity index (χ0n) is 13.0. The first kappa shape index (κ1) is 15.8. The van der Waals surface area contributed by atoms with Gasteiger partial charge in [0, 0.05) is 29.3 Å². The molecule has 126 valence electrons. The second-order valence-electron chi connectivity index (χ2n) is 5.79. The molecule has 1 fully saturated rings. The normalized spacial score (nSPS) is 14.4. The summed E-state index contributed by atoms with van der Waals surface area (Å²) >= 11 is 3.37. The van der Waals surface area contributed by atoms with Gasteiger partial charge in [0.25, 0.3) is 11.5 Å². The quantitative estimate of drug-likeness (QED) is 0.728. The Morgan fingerprint density at radius 1 is 1.28 bits per heavy atom. The lowest BCUT2D eigenvalue weighted by Gasteiger charge is -2.37. The highest BCUT2D eigenvalue weighted by Gasteiger charge is 2.36. The number of pyridine rings is 1. The van der Waals surface area contributed by atoms with Crippen LogP contribution in [0.5, 0.6) is 0 Å². The highest BCUT2D eigenvalue weighted by atomic mass is 79.9. The van der Waals surface area contributed by atoms with Crippen LogP contribution in [0.25, 0.3) is 11.4 Å². The maximum Gasteiger partial charge on any atom is 0.259 e. The SMILES string of the molecule is O=C(c1cccc(Br)c1)N1CC(c2nc(-c3ccc[nH]c3=O)no2)C1. The summed E-state index contributed by atoms with van der Waals surface area (Å²) in [5.41, 5.74) is 0.726. The Labute approximate surface area is 150 Å². The largest absolute Gasteiger partial charge is 0.339 e. The van der Waals surface area contributed by atoms with Gasteiger partial charge in [0.15, 0.2) is 0 Å². The summed E-state index contributed by atoms with van der Waals surface area (Å²) in [5, 5.41) is 3.87. The van der Waals surface area contributed by atoms with Gasteiger partial charge < -0.3 is 14.4 Å². The van der Waals surface area contributed by atoms with E-state index >= 15 is 0 Å². The Kier molecular flexibility index (Phi) is 3.96. The van der Waals surface area contributed by atoms with Crippen LogP contribution in [0.2, 0.25) is 0 Å². The van der Waals surface area contributed by atoms with Crippen molar-refractivity contribution in [2.75, 3.05) is 13.1 Å². The maximum absolute atomic E-state index is 12.4. The van der Waals surface area contributed by atoms with Crippen LogP contribution in [0, 0.1) is 0 Å². The number of aromatic nitrogens is 3. The van der Waals surface area contributed by atoms with Crippen molar-refractivity contribution in [3.63, 3.8) is 0 Å². The highest BCUT2D eigenvalue weighted by molar-refractivity contribution is 9.10. The van der Waals surface area contributed by atoms with Gasteiger partial charge in [0.2, 0.25) is 11.7 Å². The van der Waals surface area contributed by atoms with Gasteiger partial charge in [-0.15, -0.1) is 0 Å². The first-order chi connectivity index (χ1) is 12.1. The molecule has 0 saturated carbocycles. The van der Waals surface area contributed by atoms with Gasteiger partial charge >= 0.3 is 0 Å². The third-order valence-corrected chi connectivity index (χ3v) is 4.58. The molecule has 0 unspecified atom stereocenters. The fraction of sp³-hybridized carbons (Fsp3) is 0.176. The Bertz CT molecular complexity index is 991. The molecule has 2 aromatic heterocycles. The van der Waals surface area contributed by atoms with E-state index in [-0.39, 0.29) is 23.2 Å². The number of carbonyl (C=O) groups excluding carboxylic acids is 1. The lowest BCUT2D eigenvalue weighted by molar-refractivity contribution is 0.0569. The molecule has 25 heavy (non-hydrogen) atoms. The number of nitrogens with zero attached hydrogens (tertiary/aromatic N) is 3. The van der Waals surface area contributed by atoms with E-state index in [1.807, 2.05) is 12.1 Å². The van der Waals surface area contributed by atoms with Crippen molar-refractivity contribution in [3.8, 4) is 11.4 Å². The summed E-state index contributed by atoms with van der Waals surface area (Å²) in [6.07, 6.45) is 1.55. The number of likely N-dealkylation sites (tertiary alicyclic amines) is 1. The van der Waals surface area contributed by atoms with Gasteiger partial charge in [-0.05, 0) is 30.3 Å². The van der Waals surface area contributed by atoms with Crippen LogP contribution in [0.15, 0.2) is 56.4 Å². The van der Waals surface area contributed by atoms with Crippen LogP contribution in [0.4, 0.5) is 0 Å². The Balaban J connectivity index is 1.45. The number of amides is 1. The minimum atomic E-state index is -0.269. The Hall–Kier alpha value is -2.74. The number of hydrogen-bond donors (Lipinski definition) is 1. The molecule has 0 atom stereocenters. The third kappa shape index (κ3) is 3.00. The lowest BCUT2D eigenvalue weighted by atomic mass is 9.99. The topological polar surface area (TPSA) is 92.1 Å². The predicted molar refractivity (Wildman–Crippen MR) is 93.1 cm³/mol. The first-order valence-electron chi connectivity index (χ1n) is 7.68. The van der Waals surface area contributed by atoms with Crippen LogP contribution in [0.3, 0.4) is 0 Å². The zero-order valence-corrected chi connectivity index (χ0v) is 14.6. The van der Waals surface area contributed by atoms with E-state index in [0.29, 0.717) is 30.1 Å². The average Bonchev–Trinajstić information content (AvgIpc) is 3.03. The van der Waals surface area contributed by atoms with Crippen LogP contribution >= 0.6 is 15.9 Å². The second-order valence-corrected chi connectivity index (χ2v) is 6.70. The van der Waals surface area contributed by atoms with Gasteiger partial charge in [-0.2, -0.15) is 4.98 Å². The number of benzene rings is 1. The Morgan fingerprint density at radius 3 is 2.88 bits per heavy atom. The standard InChI is InChI=1S/C17H13BrN4O3/c18-12-4-1-3-10(7-12)17(24)22-8-11(9-22)16-20-14(21-25-16)13-5-2-6-19-15(13)23/h1-7,11H,8-9H2,(H,19,23). The number of hydrogen-bond acceptors (Lipinski definition) is 5. The van der Waals surface area contributed by atoms with Gasteiger partial charge in [-0.1, -0.05) is 27.2 Å². The number of aromatic amines is 1. The molecule has 1 N–H and O–H groups in total. The monoisotopic (exact) mass is 400 g/mol. The summed E-state index contributed by atoms with van der Waals surface area (Å²) in [6, 6.07) is 10.6. The summed E-state index contributed by atoms with van der Waals surface area (Å²) in [4.78, 5) is 32.8. The number of rotatable bonds is 3. The van der Waals surface area contributed by atoms with Crippen LogP contribution < -0.4 is 5.56 Å². The molecular formula is C17H13BrN4O3. The first-order valence-corrected chi connectivity index (χ1v) is 8.47. The van der Waals surface area contributed by atoms with Crippen molar-refractivity contribution < 1.29 is 9.32 Å². The summed E-state index contributed by atoms with van der Waals surface area (Å²) < 4.78 is 6.14. The van der Waals surface area contributed by atoms with E-state index in [2.05, 4.69) is 31.1 Å². The highest BCUT2D eigenvalue weighted by Crippen LogP contribution is 2.28. The van der Waals surface area contributed by atoms with E-state index in [1.165, 1.54) is 0 Å². The fourth-order valence-corrected chi connectivity index (χ4v) is 3.11. The van der Waals surface area contributed by atoms with E-state index in [1.54, 1.807) is 35.4 Å². The van der Waals surface area contributed by atoms with Crippen LogP contribution in [-0.4, -0.2) is 39.0 Å². The molecule has 4 rings (SSSR count). The predicted octanol–water partition coefficient (Wildman–Crippen LogP) is 2.43. The number of carbonyl (C=O) groups is 1. The van der Waals surface area contributed by atoms with Gasteiger partial charge in [-0.25, -0.2) is 0 Å². The molecule has 0 bridgehead atoms. The van der Waals surface area contributed by atoms with Crippen LogP contribution in [-0.2, 0) is 0 Å². The number of halogens is 1. The molecule has 0 aliphatic carbocycles. The number of H-pyrrole nitrogens is 1. The van der Waals surface area contributed by atoms with E-state index in [0.717, 1.165) is 4.47 Å². The molecule has 1 aliphatic heterocycles. The lowest BCUT2D eigenvalue weighted by Crippen LogP contribution is -2.48. The van der Waals surface area contributed by atoms with E-state index < -0.39 is 0 Å². The zero-order chi connectivity index (χ0) is 17.4. The fourth-order valence-electron chi connectivity index (χ4n) is 2.71. The van der Waals surface area contributed by atoms with E-state index in [9.17, 15) is 9.59 Å².